The fourth-order valence-corrected chi connectivity index (χ4v) is 2.42. The van der Waals surface area contributed by atoms with Crippen molar-refractivity contribution in [3.63, 3.8) is 0 Å². The first-order valence-electron chi connectivity index (χ1n) is 7.23. The number of rotatable bonds is 4. The van der Waals surface area contributed by atoms with E-state index in [9.17, 15) is 14.7 Å². The second-order valence-electron chi connectivity index (χ2n) is 5.20. The zero-order valence-electron chi connectivity index (χ0n) is 12.6. The summed E-state index contributed by atoms with van der Waals surface area (Å²) in [5.74, 6) is -2.17. The number of pyridine rings is 1. The zero-order valence-corrected chi connectivity index (χ0v) is 12.6. The number of nitrogens with one attached hydrogen (secondary N) is 1. The van der Waals surface area contributed by atoms with Crippen LogP contribution in [0.1, 0.15) is 10.5 Å². The summed E-state index contributed by atoms with van der Waals surface area (Å²) in [4.78, 5) is 26.4. The lowest BCUT2D eigenvalue weighted by atomic mass is 10.0. The summed E-state index contributed by atoms with van der Waals surface area (Å²) < 4.78 is 0. The molecule has 0 aliphatic heterocycles. The molecule has 0 saturated carbocycles. The Hall–Kier alpha value is -3.41. The molecule has 0 radical (unpaired) electrons. The predicted molar refractivity (Wildman–Crippen MR) is 88.8 cm³/mol. The quantitative estimate of drug-likeness (QED) is 0.685. The number of aromatic nitrogens is 1. The maximum Gasteiger partial charge on any atom is 0.322 e. The van der Waals surface area contributed by atoms with Crippen LogP contribution in [0.5, 0.6) is 5.75 Å². The highest BCUT2D eigenvalue weighted by atomic mass is 16.4. The van der Waals surface area contributed by atoms with Crippen molar-refractivity contribution >= 4 is 22.6 Å². The number of aromatic hydroxyl groups is 1. The lowest BCUT2D eigenvalue weighted by molar-refractivity contribution is -0.135. The number of carbonyl (C=O) groups is 2. The third-order valence-electron chi connectivity index (χ3n) is 3.59. The summed E-state index contributed by atoms with van der Waals surface area (Å²) >= 11 is 0. The molecule has 6 nitrogen and oxygen atoms in total. The van der Waals surface area contributed by atoms with Crippen molar-refractivity contribution in [1.29, 1.82) is 0 Å². The smallest absolute Gasteiger partial charge is 0.322 e. The van der Waals surface area contributed by atoms with Gasteiger partial charge in [-0.2, -0.15) is 0 Å². The Balaban J connectivity index is 1.98. The number of carboxylic acid groups (broad SMARTS) is 1. The summed E-state index contributed by atoms with van der Waals surface area (Å²) in [5.41, 5.74) is 1.80. The van der Waals surface area contributed by atoms with E-state index in [2.05, 4.69) is 10.3 Å². The van der Waals surface area contributed by atoms with Crippen LogP contribution in [0, 0.1) is 0 Å². The van der Waals surface area contributed by atoms with Crippen molar-refractivity contribution in [3.8, 4) is 16.9 Å². The van der Waals surface area contributed by atoms with Crippen LogP contribution in [0.2, 0.25) is 0 Å². The van der Waals surface area contributed by atoms with Crippen LogP contribution in [0.25, 0.3) is 21.9 Å². The van der Waals surface area contributed by atoms with Gasteiger partial charge in [-0.15, -0.1) is 0 Å². The first kappa shape index (κ1) is 15.5. The summed E-state index contributed by atoms with van der Waals surface area (Å²) in [6.45, 7) is -0.537. The average Bonchev–Trinajstić information content (AvgIpc) is 2.60. The van der Waals surface area contributed by atoms with Crippen molar-refractivity contribution in [2.24, 2.45) is 0 Å². The highest BCUT2D eigenvalue weighted by Gasteiger charge is 2.16. The minimum Gasteiger partial charge on any atom is -0.505 e. The van der Waals surface area contributed by atoms with E-state index in [4.69, 9.17) is 5.11 Å². The molecule has 3 N–H and O–H groups in total. The van der Waals surface area contributed by atoms with E-state index >= 15 is 0 Å². The van der Waals surface area contributed by atoms with Crippen molar-refractivity contribution in [2.75, 3.05) is 6.54 Å². The summed E-state index contributed by atoms with van der Waals surface area (Å²) in [7, 11) is 0. The molecular formula is C18H14N2O4. The van der Waals surface area contributed by atoms with E-state index in [1.807, 2.05) is 42.5 Å². The SMILES string of the molecule is O=C(O)CNC(=O)c1ncc2cc(-c3ccccc3)ccc2c1O. The van der Waals surface area contributed by atoms with Crippen molar-refractivity contribution in [1.82, 2.24) is 10.3 Å². The third-order valence-corrected chi connectivity index (χ3v) is 3.59. The number of benzene rings is 2. The molecule has 1 aromatic heterocycles. The van der Waals surface area contributed by atoms with E-state index < -0.39 is 18.4 Å². The molecule has 0 saturated heterocycles. The number of hydrogen-bond acceptors (Lipinski definition) is 4. The number of aliphatic carboxylic acids is 1. The molecule has 120 valence electrons. The standard InChI is InChI=1S/C18H14N2O4/c21-15(22)10-20-18(24)16-17(23)14-7-6-12(8-13(14)9-19-16)11-4-2-1-3-5-11/h1-9,23H,10H2,(H,20,24)(H,21,22). The highest BCUT2D eigenvalue weighted by molar-refractivity contribution is 6.02. The molecule has 6 heteroatoms. The molecule has 1 amide bonds. The van der Waals surface area contributed by atoms with Crippen LogP contribution in [0.15, 0.2) is 54.7 Å². The van der Waals surface area contributed by atoms with E-state index in [-0.39, 0.29) is 11.4 Å². The summed E-state index contributed by atoms with van der Waals surface area (Å²) in [6.07, 6.45) is 1.48. The maximum atomic E-state index is 11.9. The molecule has 0 unspecified atom stereocenters. The lowest BCUT2D eigenvalue weighted by Gasteiger charge is -2.09. The molecule has 3 rings (SSSR count). The normalized spacial score (nSPS) is 10.5. The van der Waals surface area contributed by atoms with Gasteiger partial charge in [0, 0.05) is 17.0 Å². The minimum atomic E-state index is -1.17. The van der Waals surface area contributed by atoms with Gasteiger partial charge < -0.3 is 15.5 Å². The number of carbonyl (C=O) groups excluding carboxylic acids is 1. The van der Waals surface area contributed by atoms with Crippen LogP contribution in [-0.2, 0) is 4.79 Å². The van der Waals surface area contributed by atoms with Gasteiger partial charge in [-0.3, -0.25) is 9.59 Å². The largest absolute Gasteiger partial charge is 0.505 e. The number of fused-ring (bicyclic) bond motifs is 1. The second-order valence-corrected chi connectivity index (χ2v) is 5.20. The van der Waals surface area contributed by atoms with Crippen LogP contribution in [0.4, 0.5) is 0 Å². The monoisotopic (exact) mass is 322 g/mol. The fourth-order valence-electron chi connectivity index (χ4n) is 2.42. The zero-order chi connectivity index (χ0) is 17.1. The predicted octanol–water partition coefficient (Wildman–Crippen LogP) is 2.42. The number of nitrogens with zero attached hydrogens (tertiary/aromatic N) is 1. The molecule has 2 aromatic carbocycles. The van der Waals surface area contributed by atoms with Gasteiger partial charge in [0.2, 0.25) is 0 Å². The molecule has 24 heavy (non-hydrogen) atoms. The van der Waals surface area contributed by atoms with E-state index in [0.29, 0.717) is 10.8 Å². The van der Waals surface area contributed by atoms with Crippen LogP contribution in [-0.4, -0.2) is 33.6 Å². The summed E-state index contributed by atoms with van der Waals surface area (Å²) in [6, 6.07) is 15.2. The molecule has 0 aliphatic carbocycles. The van der Waals surface area contributed by atoms with E-state index in [0.717, 1.165) is 11.1 Å². The van der Waals surface area contributed by atoms with E-state index in [1.165, 1.54) is 6.20 Å². The molecule has 0 bridgehead atoms. The molecule has 3 aromatic rings. The number of carboxylic acids is 1. The topological polar surface area (TPSA) is 99.5 Å². The van der Waals surface area contributed by atoms with Gasteiger partial charge in [-0.1, -0.05) is 36.4 Å². The molecule has 0 atom stereocenters. The van der Waals surface area contributed by atoms with Gasteiger partial charge in [0.15, 0.2) is 11.4 Å². The van der Waals surface area contributed by atoms with Crippen LogP contribution < -0.4 is 5.32 Å². The average molecular weight is 322 g/mol. The number of amides is 1. The highest BCUT2D eigenvalue weighted by Crippen LogP contribution is 2.30. The Bertz CT molecular complexity index is 923. The first-order valence-corrected chi connectivity index (χ1v) is 7.23. The van der Waals surface area contributed by atoms with Gasteiger partial charge in [-0.05, 0) is 23.3 Å². The van der Waals surface area contributed by atoms with Crippen molar-refractivity contribution in [2.45, 2.75) is 0 Å². The Morgan fingerprint density at radius 3 is 2.50 bits per heavy atom. The third kappa shape index (κ3) is 3.03. The van der Waals surface area contributed by atoms with Crippen molar-refractivity contribution in [3.05, 3.63) is 60.4 Å². The van der Waals surface area contributed by atoms with E-state index in [1.54, 1.807) is 6.07 Å². The van der Waals surface area contributed by atoms with Gasteiger partial charge in [-0.25, -0.2) is 4.98 Å². The molecule has 0 spiro atoms. The van der Waals surface area contributed by atoms with Crippen LogP contribution >= 0.6 is 0 Å². The molecule has 1 heterocycles. The molecule has 0 fully saturated rings. The van der Waals surface area contributed by atoms with Crippen molar-refractivity contribution < 1.29 is 19.8 Å². The Morgan fingerprint density at radius 1 is 1.04 bits per heavy atom. The minimum absolute atomic E-state index is 0.198. The Kier molecular flexibility index (Phi) is 4.11. The van der Waals surface area contributed by atoms with Gasteiger partial charge in [0.1, 0.15) is 6.54 Å². The number of hydrogen-bond donors (Lipinski definition) is 3. The Morgan fingerprint density at radius 2 is 1.79 bits per heavy atom. The first-order chi connectivity index (χ1) is 11.6. The van der Waals surface area contributed by atoms with Crippen LogP contribution in [0.3, 0.4) is 0 Å². The van der Waals surface area contributed by atoms with Gasteiger partial charge in [0.05, 0.1) is 0 Å². The molecule has 0 aliphatic rings. The lowest BCUT2D eigenvalue weighted by Crippen LogP contribution is -2.29. The maximum absolute atomic E-state index is 11.9. The van der Waals surface area contributed by atoms with Gasteiger partial charge in [0.25, 0.3) is 5.91 Å². The fraction of sp³-hybridized carbons (Fsp3) is 0.0556. The molecular weight excluding hydrogens is 308 g/mol. The van der Waals surface area contributed by atoms with Gasteiger partial charge >= 0.3 is 5.97 Å². The summed E-state index contributed by atoms with van der Waals surface area (Å²) in [5, 5.41) is 22.2. The Labute approximate surface area is 137 Å². The second kappa shape index (κ2) is 6.37.